The molecule has 7 heteroatoms. The molecule has 4 rings (SSSR count). The van der Waals surface area contributed by atoms with E-state index in [1.54, 1.807) is 13.3 Å². The number of Topliss-reactive ketones (excluding diaryl/α,β-unsaturated/α-hetero) is 1. The van der Waals surface area contributed by atoms with Crippen LogP contribution in [0.1, 0.15) is 62.4 Å². The van der Waals surface area contributed by atoms with E-state index in [-0.39, 0.29) is 11.7 Å². The van der Waals surface area contributed by atoms with Crippen molar-refractivity contribution >= 4 is 11.7 Å². The highest BCUT2D eigenvalue weighted by Gasteiger charge is 2.28. The number of fused-ring (bicyclic) bond motifs is 1. The Labute approximate surface area is 169 Å². The Kier molecular flexibility index (Phi) is 4.96. The molecule has 1 amide bonds. The van der Waals surface area contributed by atoms with Crippen molar-refractivity contribution in [3.8, 4) is 5.75 Å². The van der Waals surface area contributed by atoms with Gasteiger partial charge < -0.3 is 19.6 Å². The molecule has 1 unspecified atom stereocenters. The van der Waals surface area contributed by atoms with Crippen molar-refractivity contribution in [1.29, 1.82) is 0 Å². The first-order valence-electron chi connectivity index (χ1n) is 9.66. The topological polar surface area (TPSA) is 89.0 Å². The summed E-state index contributed by atoms with van der Waals surface area (Å²) >= 11 is 0. The SMILES string of the molecule is COc1cccc(C(NC(=O)c2[nH]c3c(c2C)C(=O)CCC3)c2nccn2C)c1. The van der Waals surface area contributed by atoms with Gasteiger partial charge in [0.05, 0.1) is 7.11 Å². The molecule has 7 nitrogen and oxygen atoms in total. The molecule has 1 aliphatic carbocycles. The van der Waals surface area contributed by atoms with Gasteiger partial charge >= 0.3 is 0 Å². The number of aromatic nitrogens is 3. The highest BCUT2D eigenvalue weighted by molar-refractivity contribution is 6.04. The van der Waals surface area contributed by atoms with E-state index in [2.05, 4.69) is 15.3 Å². The number of nitrogens with zero attached hydrogens (tertiary/aromatic N) is 2. The van der Waals surface area contributed by atoms with Gasteiger partial charge in [0.2, 0.25) is 0 Å². The Morgan fingerprint density at radius 3 is 2.86 bits per heavy atom. The zero-order valence-electron chi connectivity index (χ0n) is 16.8. The first-order chi connectivity index (χ1) is 14.0. The number of methoxy groups -OCH3 is 1. The first kappa shape index (κ1) is 19.0. The number of H-pyrrole nitrogens is 1. The van der Waals surface area contributed by atoms with Gasteiger partial charge in [0.25, 0.3) is 5.91 Å². The molecule has 1 aromatic carbocycles. The zero-order chi connectivity index (χ0) is 20.5. The third-order valence-electron chi connectivity index (χ3n) is 5.48. The van der Waals surface area contributed by atoms with E-state index >= 15 is 0 Å². The minimum Gasteiger partial charge on any atom is -0.497 e. The zero-order valence-corrected chi connectivity index (χ0v) is 16.8. The molecular formula is C22H24N4O3. The van der Waals surface area contributed by atoms with Gasteiger partial charge in [-0.15, -0.1) is 0 Å². The standard InChI is InChI=1S/C22H24N4O3/c1-13-18-16(8-5-9-17(18)27)24-19(13)22(28)25-20(21-23-10-11-26(21)2)14-6-4-7-15(12-14)29-3/h4,6-7,10-12,20,24H,5,8-9H2,1-3H3,(H,25,28). The summed E-state index contributed by atoms with van der Waals surface area (Å²) in [6, 6.07) is 7.09. The first-order valence-corrected chi connectivity index (χ1v) is 9.66. The van der Waals surface area contributed by atoms with Crippen LogP contribution in [0.2, 0.25) is 0 Å². The van der Waals surface area contributed by atoms with Crippen LogP contribution in [0.25, 0.3) is 0 Å². The molecule has 3 aromatic rings. The number of benzene rings is 1. The van der Waals surface area contributed by atoms with Crippen molar-refractivity contribution in [2.24, 2.45) is 7.05 Å². The molecule has 0 fully saturated rings. The molecule has 29 heavy (non-hydrogen) atoms. The largest absolute Gasteiger partial charge is 0.497 e. The van der Waals surface area contributed by atoms with Gasteiger partial charge in [0, 0.05) is 37.1 Å². The highest BCUT2D eigenvalue weighted by Crippen LogP contribution is 2.28. The maximum Gasteiger partial charge on any atom is 0.268 e. The van der Waals surface area contributed by atoms with E-state index in [1.807, 2.05) is 49.0 Å². The number of amides is 1. The monoisotopic (exact) mass is 392 g/mol. The Morgan fingerprint density at radius 2 is 2.17 bits per heavy atom. The number of nitrogens with one attached hydrogen (secondary N) is 2. The lowest BCUT2D eigenvalue weighted by atomic mass is 9.93. The maximum atomic E-state index is 13.2. The average molecular weight is 392 g/mol. The van der Waals surface area contributed by atoms with Crippen LogP contribution in [0.5, 0.6) is 5.75 Å². The fourth-order valence-electron chi connectivity index (χ4n) is 3.98. The summed E-state index contributed by atoms with van der Waals surface area (Å²) in [4.78, 5) is 33.1. The second-order valence-corrected chi connectivity index (χ2v) is 7.33. The van der Waals surface area contributed by atoms with E-state index in [9.17, 15) is 9.59 Å². The van der Waals surface area contributed by atoms with Crippen LogP contribution < -0.4 is 10.1 Å². The van der Waals surface area contributed by atoms with E-state index in [4.69, 9.17) is 4.74 Å². The molecule has 150 valence electrons. The fraction of sp³-hybridized carbons (Fsp3) is 0.318. The molecule has 0 spiro atoms. The molecule has 2 heterocycles. The average Bonchev–Trinajstić information content (AvgIpc) is 3.30. The van der Waals surface area contributed by atoms with E-state index in [0.29, 0.717) is 34.8 Å². The fourth-order valence-corrected chi connectivity index (χ4v) is 3.98. The number of hydrogen-bond donors (Lipinski definition) is 2. The minimum absolute atomic E-state index is 0.104. The van der Waals surface area contributed by atoms with Crippen molar-refractivity contribution in [1.82, 2.24) is 19.9 Å². The summed E-state index contributed by atoms with van der Waals surface area (Å²) in [5.74, 6) is 1.25. The Balaban J connectivity index is 1.71. The molecular weight excluding hydrogens is 368 g/mol. The van der Waals surface area contributed by atoms with Crippen molar-refractivity contribution in [2.75, 3.05) is 7.11 Å². The van der Waals surface area contributed by atoms with Crippen LogP contribution in [0.15, 0.2) is 36.7 Å². The van der Waals surface area contributed by atoms with E-state index < -0.39 is 6.04 Å². The number of aryl methyl sites for hydroxylation is 2. The number of carbonyl (C=O) groups excluding carboxylic acids is 2. The minimum atomic E-state index is -0.465. The number of rotatable bonds is 5. The third kappa shape index (κ3) is 3.44. The lowest BCUT2D eigenvalue weighted by Crippen LogP contribution is -2.31. The number of hydrogen-bond acceptors (Lipinski definition) is 4. The van der Waals surface area contributed by atoms with Gasteiger partial charge in [0.15, 0.2) is 5.78 Å². The van der Waals surface area contributed by atoms with Crippen LogP contribution in [0.4, 0.5) is 0 Å². The Morgan fingerprint density at radius 1 is 1.34 bits per heavy atom. The molecule has 1 atom stereocenters. The second kappa shape index (κ2) is 7.58. The summed E-state index contributed by atoms with van der Waals surface area (Å²) in [7, 11) is 3.50. The normalized spacial score (nSPS) is 14.4. The van der Waals surface area contributed by atoms with Gasteiger partial charge in [-0.25, -0.2) is 4.98 Å². The lowest BCUT2D eigenvalue weighted by Gasteiger charge is -2.19. The number of ketones is 1. The van der Waals surface area contributed by atoms with Gasteiger partial charge in [0.1, 0.15) is 23.3 Å². The van der Waals surface area contributed by atoms with Crippen molar-refractivity contribution in [3.63, 3.8) is 0 Å². The highest BCUT2D eigenvalue weighted by atomic mass is 16.5. The molecule has 0 saturated carbocycles. The number of ether oxygens (including phenoxy) is 1. The van der Waals surface area contributed by atoms with Crippen LogP contribution >= 0.6 is 0 Å². The Hall–Kier alpha value is -3.35. The van der Waals surface area contributed by atoms with Gasteiger partial charge in [-0.05, 0) is 43.0 Å². The summed E-state index contributed by atoms with van der Waals surface area (Å²) in [6.07, 6.45) is 5.67. The van der Waals surface area contributed by atoms with Crippen molar-refractivity contribution in [2.45, 2.75) is 32.2 Å². The van der Waals surface area contributed by atoms with Crippen LogP contribution in [-0.2, 0) is 13.5 Å². The molecule has 0 aliphatic heterocycles. The predicted molar refractivity (Wildman–Crippen MR) is 108 cm³/mol. The molecule has 0 bridgehead atoms. The molecule has 0 saturated heterocycles. The number of carbonyl (C=O) groups is 2. The van der Waals surface area contributed by atoms with Crippen LogP contribution in [0, 0.1) is 6.92 Å². The summed E-state index contributed by atoms with van der Waals surface area (Å²) in [5.41, 5.74) is 3.55. The maximum absolute atomic E-state index is 13.2. The van der Waals surface area contributed by atoms with Gasteiger partial charge in [-0.3, -0.25) is 9.59 Å². The Bertz CT molecular complexity index is 1080. The number of aromatic amines is 1. The molecule has 2 N–H and O–H groups in total. The van der Waals surface area contributed by atoms with Gasteiger partial charge in [-0.1, -0.05) is 12.1 Å². The van der Waals surface area contributed by atoms with E-state index in [0.717, 1.165) is 24.1 Å². The molecule has 1 aliphatic rings. The van der Waals surface area contributed by atoms with Crippen molar-refractivity contribution in [3.05, 3.63) is 70.6 Å². The van der Waals surface area contributed by atoms with Crippen LogP contribution in [-0.4, -0.2) is 33.3 Å². The lowest BCUT2D eigenvalue weighted by molar-refractivity contribution is 0.0935. The quantitative estimate of drug-likeness (QED) is 0.698. The van der Waals surface area contributed by atoms with Crippen LogP contribution in [0.3, 0.4) is 0 Å². The molecule has 0 radical (unpaired) electrons. The third-order valence-corrected chi connectivity index (χ3v) is 5.48. The van der Waals surface area contributed by atoms with Crippen molar-refractivity contribution < 1.29 is 14.3 Å². The van der Waals surface area contributed by atoms with Gasteiger partial charge in [-0.2, -0.15) is 0 Å². The summed E-state index contributed by atoms with van der Waals surface area (Å²) in [6.45, 7) is 1.83. The summed E-state index contributed by atoms with van der Waals surface area (Å²) in [5, 5.41) is 3.09. The second-order valence-electron chi connectivity index (χ2n) is 7.33. The predicted octanol–water partition coefficient (Wildman–Crippen LogP) is 3.10. The smallest absolute Gasteiger partial charge is 0.268 e. The van der Waals surface area contributed by atoms with E-state index in [1.165, 1.54) is 0 Å². The molecule has 2 aromatic heterocycles. The number of imidazole rings is 1. The summed E-state index contributed by atoms with van der Waals surface area (Å²) < 4.78 is 7.22.